The third kappa shape index (κ3) is 7.16. The monoisotopic (exact) mass is 704 g/mol. The number of aryl methyl sites for hydroxylation is 3. The summed E-state index contributed by atoms with van der Waals surface area (Å²) in [5.41, 5.74) is 1.14. The molecule has 0 unspecified atom stereocenters. The van der Waals surface area contributed by atoms with Crippen molar-refractivity contribution in [2.24, 2.45) is 0 Å². The van der Waals surface area contributed by atoms with E-state index in [1.165, 1.54) is 18.2 Å². The Bertz CT molecular complexity index is 2040. The maximum absolute atomic E-state index is 14.0. The van der Waals surface area contributed by atoms with Gasteiger partial charge >= 0.3 is 0 Å². The molecule has 6 nitrogen and oxygen atoms in total. The molecule has 0 fully saturated rings. The Morgan fingerprint density at radius 1 is 0.644 bits per heavy atom. The predicted octanol–water partition coefficient (Wildman–Crippen LogP) is 12.3. The molecule has 0 radical (unpaired) electrons. The van der Waals surface area contributed by atoms with Crippen LogP contribution in [0.4, 0.5) is 47.3 Å². The lowest BCUT2D eigenvalue weighted by atomic mass is 10.1. The van der Waals surface area contributed by atoms with Crippen molar-refractivity contribution in [3.05, 3.63) is 124 Å². The Balaban J connectivity index is 0.000000246. The number of nitriles is 2. The molecule has 14 heteroatoms. The number of hydrogen-bond donors (Lipinski definition) is 2. The molecule has 0 heterocycles. The van der Waals surface area contributed by atoms with Gasteiger partial charge in [-0.15, -0.1) is 0 Å². The van der Waals surface area contributed by atoms with Gasteiger partial charge in [-0.05, 0) is 61.7 Å². The minimum Gasteiger partial charge on any atom is -0.353 e. The quantitative estimate of drug-likeness (QED) is 0.164. The molecule has 0 amide bonds. The van der Waals surface area contributed by atoms with Crippen molar-refractivity contribution in [3.8, 4) is 12.1 Å². The van der Waals surface area contributed by atoms with E-state index in [1.807, 2.05) is 26.0 Å². The first-order valence-corrected chi connectivity index (χ1v) is 14.1. The van der Waals surface area contributed by atoms with E-state index in [2.05, 4.69) is 20.3 Å². The molecule has 2 N–H and O–H groups in total. The fourth-order valence-corrected chi connectivity index (χ4v) is 4.99. The standard InChI is InChI=1S/C16H9Cl4N3.C15H7ClF3N3/c1-7-5-11(8(2)4-10(7)17)23-15-9(6-21)12(18)16(22-3)14(20)13(15)19;1-7-3-4-8(5-10(7)16)22-14-9(6-20)11(17)15(21-2)13(19)12(14)18/h4-5,23H,1-2H3;3-5,22H,1H3. The average Bonchev–Trinajstić information content (AvgIpc) is 3.00. The van der Waals surface area contributed by atoms with Crippen LogP contribution in [0.5, 0.6) is 0 Å². The van der Waals surface area contributed by atoms with Gasteiger partial charge in [-0.1, -0.05) is 64.1 Å². The molecule has 4 aromatic carbocycles. The van der Waals surface area contributed by atoms with Gasteiger partial charge in [0.1, 0.15) is 17.7 Å². The van der Waals surface area contributed by atoms with Crippen LogP contribution in [0, 0.1) is 74.0 Å². The van der Waals surface area contributed by atoms with E-state index in [9.17, 15) is 18.4 Å². The number of rotatable bonds is 4. The highest BCUT2D eigenvalue weighted by molar-refractivity contribution is 6.48. The summed E-state index contributed by atoms with van der Waals surface area (Å²) in [6.07, 6.45) is 0. The number of anilines is 4. The van der Waals surface area contributed by atoms with Gasteiger partial charge in [-0.3, -0.25) is 0 Å². The maximum Gasteiger partial charge on any atom is 0.261 e. The Morgan fingerprint density at radius 2 is 1.24 bits per heavy atom. The van der Waals surface area contributed by atoms with Gasteiger partial charge in [0.15, 0.2) is 17.5 Å². The molecule has 4 rings (SSSR count). The Kier molecular flexibility index (Phi) is 11.4. The maximum atomic E-state index is 14.0. The fraction of sp³-hybridized carbons (Fsp3) is 0.0968. The molecule has 0 atom stereocenters. The van der Waals surface area contributed by atoms with Crippen LogP contribution in [0.15, 0.2) is 30.3 Å². The van der Waals surface area contributed by atoms with Crippen molar-refractivity contribution >= 4 is 92.1 Å². The van der Waals surface area contributed by atoms with Crippen LogP contribution in [-0.4, -0.2) is 0 Å². The van der Waals surface area contributed by atoms with Crippen molar-refractivity contribution in [2.75, 3.05) is 10.6 Å². The molecular formula is C31H16Cl5F3N6. The molecule has 0 saturated heterocycles. The van der Waals surface area contributed by atoms with E-state index in [-0.39, 0.29) is 37.7 Å². The van der Waals surface area contributed by atoms with Crippen molar-refractivity contribution < 1.29 is 13.2 Å². The van der Waals surface area contributed by atoms with E-state index in [1.54, 1.807) is 19.1 Å². The van der Waals surface area contributed by atoms with Gasteiger partial charge < -0.3 is 10.6 Å². The number of nitrogens with one attached hydrogen (secondary N) is 2. The van der Waals surface area contributed by atoms with E-state index in [4.69, 9.17) is 76.4 Å². The van der Waals surface area contributed by atoms with Crippen molar-refractivity contribution in [1.29, 1.82) is 10.5 Å². The highest BCUT2D eigenvalue weighted by Gasteiger charge is 2.26. The summed E-state index contributed by atoms with van der Waals surface area (Å²) in [6.45, 7) is 19.3. The topological polar surface area (TPSA) is 80.4 Å². The minimum atomic E-state index is -1.65. The number of benzene rings is 4. The normalized spacial score (nSPS) is 10.0. The first kappa shape index (κ1) is 35.2. The Hall–Kier alpha value is -4.32. The van der Waals surface area contributed by atoms with Gasteiger partial charge in [0.25, 0.3) is 5.69 Å². The lowest BCUT2D eigenvalue weighted by Gasteiger charge is -2.16. The van der Waals surface area contributed by atoms with Crippen LogP contribution < -0.4 is 10.6 Å². The summed E-state index contributed by atoms with van der Waals surface area (Å²) in [5, 5.41) is 24.9. The van der Waals surface area contributed by atoms with Crippen molar-refractivity contribution in [3.63, 3.8) is 0 Å². The molecule has 4 aromatic rings. The van der Waals surface area contributed by atoms with Gasteiger partial charge in [0.2, 0.25) is 5.69 Å². The molecule has 0 aliphatic carbocycles. The first-order valence-electron chi connectivity index (χ1n) is 12.2. The summed E-state index contributed by atoms with van der Waals surface area (Å²) in [5.74, 6) is -4.55. The lowest BCUT2D eigenvalue weighted by molar-refractivity contribution is 0.504. The molecule has 0 saturated carbocycles. The molecule has 0 aliphatic heterocycles. The summed E-state index contributed by atoms with van der Waals surface area (Å²) >= 11 is 30.4. The van der Waals surface area contributed by atoms with Gasteiger partial charge in [-0.2, -0.15) is 10.5 Å². The molecule has 0 bridgehead atoms. The van der Waals surface area contributed by atoms with Crippen LogP contribution in [0.1, 0.15) is 27.8 Å². The molecule has 226 valence electrons. The van der Waals surface area contributed by atoms with Crippen LogP contribution in [0.2, 0.25) is 25.1 Å². The Morgan fingerprint density at radius 3 is 1.80 bits per heavy atom. The van der Waals surface area contributed by atoms with Crippen LogP contribution in [-0.2, 0) is 0 Å². The summed E-state index contributed by atoms with van der Waals surface area (Å²) < 4.78 is 41.6. The minimum absolute atomic E-state index is 0.0107. The molecule has 45 heavy (non-hydrogen) atoms. The second-order valence-electron chi connectivity index (χ2n) is 9.16. The zero-order valence-electron chi connectivity index (χ0n) is 23.2. The van der Waals surface area contributed by atoms with E-state index in [0.717, 1.165) is 16.7 Å². The SMILES string of the molecule is [C-]#[N+]c1c(Cl)c(Cl)c(Nc2cc(C)c(Cl)cc2C)c(C#N)c1Cl.[C-]#[N+]c1c(F)c(F)c(Nc2ccc(C)c(Cl)c2)c(C#N)c1F. The smallest absolute Gasteiger partial charge is 0.261 e. The second-order valence-corrected chi connectivity index (χ2v) is 11.1. The lowest BCUT2D eigenvalue weighted by Crippen LogP contribution is -2.03. The Labute approximate surface area is 281 Å². The largest absolute Gasteiger partial charge is 0.353 e. The first-order chi connectivity index (χ1) is 21.2. The highest BCUT2D eigenvalue weighted by atomic mass is 35.5. The van der Waals surface area contributed by atoms with Crippen LogP contribution in [0.3, 0.4) is 0 Å². The van der Waals surface area contributed by atoms with E-state index in [0.29, 0.717) is 15.7 Å². The van der Waals surface area contributed by atoms with Gasteiger partial charge in [0.05, 0.1) is 45.2 Å². The molecule has 0 spiro atoms. The molecular weight excluding hydrogens is 691 g/mol. The summed E-state index contributed by atoms with van der Waals surface area (Å²) in [4.78, 5) is 5.81. The predicted molar refractivity (Wildman–Crippen MR) is 173 cm³/mol. The van der Waals surface area contributed by atoms with E-state index < -0.39 is 34.4 Å². The number of nitrogens with zero attached hydrogens (tertiary/aromatic N) is 4. The summed E-state index contributed by atoms with van der Waals surface area (Å²) in [6, 6.07) is 11.6. The zero-order valence-corrected chi connectivity index (χ0v) is 27.0. The third-order valence-corrected chi connectivity index (χ3v) is 8.27. The van der Waals surface area contributed by atoms with Crippen molar-refractivity contribution in [2.45, 2.75) is 20.8 Å². The fourth-order valence-electron chi connectivity index (χ4n) is 3.80. The number of halogens is 8. The summed E-state index contributed by atoms with van der Waals surface area (Å²) in [7, 11) is 0. The molecule has 0 aromatic heterocycles. The van der Waals surface area contributed by atoms with Gasteiger partial charge in [-0.25, -0.2) is 22.9 Å². The highest BCUT2D eigenvalue weighted by Crippen LogP contribution is 2.47. The van der Waals surface area contributed by atoms with Crippen LogP contribution >= 0.6 is 58.0 Å². The van der Waals surface area contributed by atoms with Crippen molar-refractivity contribution in [1.82, 2.24) is 0 Å². The number of hydrogen-bond acceptors (Lipinski definition) is 4. The van der Waals surface area contributed by atoms with E-state index >= 15 is 0 Å². The zero-order chi connectivity index (χ0) is 33.7. The van der Waals surface area contributed by atoms with Gasteiger partial charge in [0, 0.05) is 21.4 Å². The van der Waals surface area contributed by atoms with Crippen LogP contribution in [0.25, 0.3) is 9.69 Å². The third-order valence-electron chi connectivity index (χ3n) is 6.25. The average molecular weight is 707 g/mol. The molecule has 0 aliphatic rings. The second kappa shape index (κ2) is 14.6.